The average Bonchev–Trinajstić information content (AvgIpc) is 2.76. The van der Waals surface area contributed by atoms with E-state index in [-0.39, 0.29) is 0 Å². The summed E-state index contributed by atoms with van der Waals surface area (Å²) in [6.45, 7) is 5.26. The van der Waals surface area contributed by atoms with E-state index in [1.54, 1.807) is 11.3 Å². The molecule has 0 atom stereocenters. The Hall–Kier alpha value is -0.780. The number of benzene rings is 1. The first kappa shape index (κ1) is 14.6. The van der Waals surface area contributed by atoms with Gasteiger partial charge in [-0.2, -0.15) is 0 Å². The zero-order valence-electron chi connectivity index (χ0n) is 11.2. The Balaban J connectivity index is 1.90. The summed E-state index contributed by atoms with van der Waals surface area (Å²) in [7, 11) is 0. The van der Waals surface area contributed by atoms with Crippen LogP contribution in [0, 0.1) is 0 Å². The van der Waals surface area contributed by atoms with Gasteiger partial charge >= 0.3 is 0 Å². The SMILES string of the molecule is CC(C)NCCc1nnc(Cc2cccc(Br)c2)s1. The molecule has 5 heteroatoms. The summed E-state index contributed by atoms with van der Waals surface area (Å²) in [5, 5.41) is 14.1. The molecule has 1 N–H and O–H groups in total. The van der Waals surface area contributed by atoms with Gasteiger partial charge in [0.1, 0.15) is 10.0 Å². The molecule has 0 aliphatic carbocycles. The van der Waals surface area contributed by atoms with Crippen LogP contribution in [0.4, 0.5) is 0 Å². The van der Waals surface area contributed by atoms with Gasteiger partial charge in [0.2, 0.25) is 0 Å². The summed E-state index contributed by atoms with van der Waals surface area (Å²) in [6.07, 6.45) is 1.81. The third kappa shape index (κ3) is 5.01. The fourth-order valence-corrected chi connectivity index (χ4v) is 3.08. The van der Waals surface area contributed by atoms with Crippen molar-refractivity contribution in [1.29, 1.82) is 0 Å². The average molecular weight is 340 g/mol. The molecule has 2 rings (SSSR count). The molecule has 0 saturated heterocycles. The maximum atomic E-state index is 4.26. The minimum absolute atomic E-state index is 0.522. The van der Waals surface area contributed by atoms with Crippen LogP contribution in [0.25, 0.3) is 0 Å². The topological polar surface area (TPSA) is 37.8 Å². The predicted octanol–water partition coefficient (Wildman–Crippen LogP) is 3.43. The maximum absolute atomic E-state index is 4.26. The molecule has 0 unspecified atom stereocenters. The predicted molar refractivity (Wildman–Crippen MR) is 83.7 cm³/mol. The van der Waals surface area contributed by atoms with Gasteiger partial charge in [0, 0.05) is 29.9 Å². The van der Waals surface area contributed by atoms with Gasteiger partial charge < -0.3 is 5.32 Å². The first-order chi connectivity index (χ1) is 9.13. The van der Waals surface area contributed by atoms with Crippen molar-refractivity contribution in [1.82, 2.24) is 15.5 Å². The molecule has 1 aromatic heterocycles. The van der Waals surface area contributed by atoms with Gasteiger partial charge in [0.25, 0.3) is 0 Å². The van der Waals surface area contributed by atoms with E-state index >= 15 is 0 Å². The molecule has 0 saturated carbocycles. The third-order valence-electron chi connectivity index (χ3n) is 2.64. The van der Waals surface area contributed by atoms with Crippen LogP contribution in [0.5, 0.6) is 0 Å². The molecule has 0 amide bonds. The summed E-state index contributed by atoms with van der Waals surface area (Å²) in [5.41, 5.74) is 1.26. The van der Waals surface area contributed by atoms with E-state index in [1.807, 2.05) is 12.1 Å². The molecule has 0 aliphatic heterocycles. The number of hydrogen-bond acceptors (Lipinski definition) is 4. The molecule has 0 aliphatic rings. The second-order valence-electron chi connectivity index (χ2n) is 4.76. The Morgan fingerprint density at radius 2 is 2.05 bits per heavy atom. The Morgan fingerprint density at radius 1 is 1.26 bits per heavy atom. The van der Waals surface area contributed by atoms with Crippen molar-refractivity contribution in [2.45, 2.75) is 32.7 Å². The minimum atomic E-state index is 0.522. The quantitative estimate of drug-likeness (QED) is 0.875. The van der Waals surface area contributed by atoms with E-state index in [2.05, 4.69) is 57.4 Å². The second kappa shape index (κ2) is 7.12. The molecule has 0 radical (unpaired) electrons. The lowest BCUT2D eigenvalue weighted by atomic mass is 10.2. The van der Waals surface area contributed by atoms with Crippen molar-refractivity contribution in [3.8, 4) is 0 Å². The highest BCUT2D eigenvalue weighted by Gasteiger charge is 2.05. The van der Waals surface area contributed by atoms with Crippen LogP contribution in [0.1, 0.15) is 29.4 Å². The zero-order chi connectivity index (χ0) is 13.7. The molecular formula is C14H18BrN3S. The number of nitrogens with one attached hydrogen (secondary N) is 1. The van der Waals surface area contributed by atoms with Crippen LogP contribution in [0.2, 0.25) is 0 Å². The van der Waals surface area contributed by atoms with Crippen molar-refractivity contribution in [2.75, 3.05) is 6.54 Å². The van der Waals surface area contributed by atoms with Crippen LogP contribution in [0.15, 0.2) is 28.7 Å². The smallest absolute Gasteiger partial charge is 0.121 e. The summed E-state index contributed by atoms with van der Waals surface area (Å²) in [4.78, 5) is 0. The number of aromatic nitrogens is 2. The van der Waals surface area contributed by atoms with Crippen LogP contribution in [-0.4, -0.2) is 22.8 Å². The van der Waals surface area contributed by atoms with Crippen molar-refractivity contribution >= 4 is 27.3 Å². The lowest BCUT2D eigenvalue weighted by Crippen LogP contribution is -2.24. The normalized spacial score (nSPS) is 11.2. The number of rotatable bonds is 6. The van der Waals surface area contributed by atoms with Gasteiger partial charge in [-0.25, -0.2) is 0 Å². The zero-order valence-corrected chi connectivity index (χ0v) is 13.6. The van der Waals surface area contributed by atoms with Gasteiger partial charge in [-0.15, -0.1) is 21.5 Å². The Labute approximate surface area is 126 Å². The van der Waals surface area contributed by atoms with Crippen LogP contribution >= 0.6 is 27.3 Å². The van der Waals surface area contributed by atoms with Crippen molar-refractivity contribution in [3.63, 3.8) is 0 Å². The van der Waals surface area contributed by atoms with Crippen molar-refractivity contribution in [2.24, 2.45) is 0 Å². The van der Waals surface area contributed by atoms with E-state index in [9.17, 15) is 0 Å². The third-order valence-corrected chi connectivity index (χ3v) is 4.12. The number of nitrogens with zero attached hydrogens (tertiary/aromatic N) is 2. The standard InChI is InChI=1S/C14H18BrN3S/c1-10(2)16-7-6-13-17-18-14(19-13)9-11-4-3-5-12(15)8-11/h3-5,8,10,16H,6-7,9H2,1-2H3. The molecule has 0 fully saturated rings. The van der Waals surface area contributed by atoms with E-state index in [0.29, 0.717) is 6.04 Å². The first-order valence-electron chi connectivity index (χ1n) is 6.42. The van der Waals surface area contributed by atoms with E-state index in [4.69, 9.17) is 0 Å². The number of hydrogen-bond donors (Lipinski definition) is 1. The maximum Gasteiger partial charge on any atom is 0.121 e. The van der Waals surface area contributed by atoms with Gasteiger partial charge in [-0.3, -0.25) is 0 Å². The molecular weight excluding hydrogens is 322 g/mol. The van der Waals surface area contributed by atoms with Gasteiger partial charge in [0.05, 0.1) is 0 Å². The molecule has 2 aromatic rings. The van der Waals surface area contributed by atoms with Crippen LogP contribution in [0.3, 0.4) is 0 Å². The Morgan fingerprint density at radius 3 is 2.79 bits per heavy atom. The van der Waals surface area contributed by atoms with Crippen LogP contribution in [-0.2, 0) is 12.8 Å². The molecule has 19 heavy (non-hydrogen) atoms. The van der Waals surface area contributed by atoms with Gasteiger partial charge in [-0.05, 0) is 17.7 Å². The summed E-state index contributed by atoms with van der Waals surface area (Å²) in [5.74, 6) is 0. The second-order valence-corrected chi connectivity index (χ2v) is 6.82. The summed E-state index contributed by atoms with van der Waals surface area (Å²) in [6, 6.07) is 8.85. The molecule has 102 valence electrons. The van der Waals surface area contributed by atoms with E-state index in [0.717, 1.165) is 33.9 Å². The van der Waals surface area contributed by atoms with Gasteiger partial charge in [0.15, 0.2) is 0 Å². The number of halogens is 1. The minimum Gasteiger partial charge on any atom is -0.314 e. The summed E-state index contributed by atoms with van der Waals surface area (Å²) < 4.78 is 1.11. The summed E-state index contributed by atoms with van der Waals surface area (Å²) >= 11 is 5.20. The van der Waals surface area contributed by atoms with Crippen molar-refractivity contribution < 1.29 is 0 Å². The highest BCUT2D eigenvalue weighted by molar-refractivity contribution is 9.10. The first-order valence-corrected chi connectivity index (χ1v) is 8.03. The van der Waals surface area contributed by atoms with Crippen LogP contribution < -0.4 is 5.32 Å². The highest BCUT2D eigenvalue weighted by Crippen LogP contribution is 2.18. The van der Waals surface area contributed by atoms with Crippen molar-refractivity contribution in [3.05, 3.63) is 44.3 Å². The highest BCUT2D eigenvalue weighted by atomic mass is 79.9. The largest absolute Gasteiger partial charge is 0.314 e. The lowest BCUT2D eigenvalue weighted by Gasteiger charge is -2.05. The Bertz CT molecular complexity index is 525. The Kier molecular flexibility index (Phi) is 5.48. The molecule has 0 bridgehead atoms. The molecule has 3 nitrogen and oxygen atoms in total. The van der Waals surface area contributed by atoms with E-state index < -0.39 is 0 Å². The molecule has 1 aromatic carbocycles. The monoisotopic (exact) mass is 339 g/mol. The fourth-order valence-electron chi connectivity index (χ4n) is 1.75. The van der Waals surface area contributed by atoms with Gasteiger partial charge in [-0.1, -0.05) is 41.9 Å². The molecule has 1 heterocycles. The molecule has 0 spiro atoms. The fraction of sp³-hybridized carbons (Fsp3) is 0.429. The van der Waals surface area contributed by atoms with E-state index in [1.165, 1.54) is 5.56 Å². The lowest BCUT2D eigenvalue weighted by molar-refractivity contribution is 0.588.